The van der Waals surface area contributed by atoms with E-state index in [9.17, 15) is 9.59 Å². The second kappa shape index (κ2) is 9.15. The highest BCUT2D eigenvalue weighted by atomic mass is 35.5. The van der Waals surface area contributed by atoms with Gasteiger partial charge in [0.15, 0.2) is 6.61 Å². The van der Waals surface area contributed by atoms with E-state index in [1.165, 1.54) is 22.1 Å². The van der Waals surface area contributed by atoms with Crippen molar-refractivity contribution in [1.82, 2.24) is 19.7 Å². The smallest absolute Gasteiger partial charge is 0.263 e. The number of ether oxygens (including phenoxy) is 1. The first-order valence-corrected chi connectivity index (χ1v) is 10.7. The molecule has 3 heterocycles. The number of aromatic amines is 1. The van der Waals surface area contributed by atoms with Gasteiger partial charge in [-0.15, -0.1) is 11.3 Å². The van der Waals surface area contributed by atoms with Crippen molar-refractivity contribution in [1.29, 1.82) is 0 Å². The number of H-pyrrole nitrogens is 1. The minimum atomic E-state index is -0.386. The predicted octanol–water partition coefficient (Wildman–Crippen LogP) is 3.92. The first kappa shape index (κ1) is 20.8. The Morgan fingerprint density at radius 2 is 2.06 bits per heavy atom. The quantitative estimate of drug-likeness (QED) is 0.439. The number of benzene rings is 1. The van der Waals surface area contributed by atoms with Gasteiger partial charge < -0.3 is 10.1 Å². The van der Waals surface area contributed by atoms with Gasteiger partial charge in [0.2, 0.25) is 5.95 Å². The molecule has 1 aromatic carbocycles. The Bertz CT molecular complexity index is 1250. The zero-order valence-electron chi connectivity index (χ0n) is 16.5. The van der Waals surface area contributed by atoms with E-state index in [1.54, 1.807) is 30.3 Å². The Balaban J connectivity index is 1.61. The van der Waals surface area contributed by atoms with Crippen molar-refractivity contribution < 1.29 is 9.53 Å². The molecule has 0 saturated carbocycles. The van der Waals surface area contributed by atoms with E-state index >= 15 is 0 Å². The normalized spacial score (nSPS) is 10.8. The Morgan fingerprint density at radius 3 is 2.77 bits per heavy atom. The highest BCUT2D eigenvalue weighted by molar-refractivity contribution is 7.13. The molecule has 0 unspecified atom stereocenters. The standard InChI is InChI=1S/C21H18ClN5O3S/c1-2-14-10-19(28)25-21(23-14)27-18(11-16(26-27)17-4-3-9-31-17)24-20(29)12-30-15-7-5-13(22)6-8-15/h3-11H,2,12H2,1H3,(H,24,29)(H,23,25,28). The summed E-state index contributed by atoms with van der Waals surface area (Å²) in [5.74, 6) is 0.724. The number of anilines is 1. The van der Waals surface area contributed by atoms with Gasteiger partial charge in [0.05, 0.1) is 4.88 Å². The van der Waals surface area contributed by atoms with Crippen LogP contribution in [0.1, 0.15) is 12.6 Å². The summed E-state index contributed by atoms with van der Waals surface area (Å²) in [4.78, 5) is 32.6. The van der Waals surface area contributed by atoms with E-state index < -0.39 is 0 Å². The fourth-order valence-corrected chi connectivity index (χ4v) is 3.62. The minimum Gasteiger partial charge on any atom is -0.484 e. The summed E-state index contributed by atoms with van der Waals surface area (Å²) in [5.41, 5.74) is 0.974. The van der Waals surface area contributed by atoms with Crippen LogP contribution >= 0.6 is 22.9 Å². The third-order valence-electron chi connectivity index (χ3n) is 4.28. The average molecular weight is 456 g/mol. The number of nitrogens with zero attached hydrogens (tertiary/aromatic N) is 3. The molecule has 3 aromatic heterocycles. The van der Waals surface area contributed by atoms with Gasteiger partial charge in [-0.05, 0) is 42.1 Å². The Morgan fingerprint density at radius 1 is 1.26 bits per heavy atom. The molecule has 0 bridgehead atoms. The lowest BCUT2D eigenvalue weighted by Gasteiger charge is -2.09. The number of aromatic nitrogens is 4. The molecule has 4 aromatic rings. The summed E-state index contributed by atoms with van der Waals surface area (Å²) >= 11 is 7.38. The first-order chi connectivity index (χ1) is 15.0. The average Bonchev–Trinajstić information content (AvgIpc) is 3.43. The minimum absolute atomic E-state index is 0.208. The second-order valence-electron chi connectivity index (χ2n) is 6.51. The van der Waals surface area contributed by atoms with E-state index in [0.717, 1.165) is 4.88 Å². The largest absolute Gasteiger partial charge is 0.484 e. The Hall–Kier alpha value is -3.43. The van der Waals surface area contributed by atoms with Gasteiger partial charge >= 0.3 is 0 Å². The number of amides is 1. The van der Waals surface area contributed by atoms with Crippen molar-refractivity contribution in [3.8, 4) is 22.3 Å². The van der Waals surface area contributed by atoms with Crippen LogP contribution < -0.4 is 15.6 Å². The Labute approximate surface area is 186 Å². The van der Waals surface area contributed by atoms with Gasteiger partial charge in [0.25, 0.3) is 11.5 Å². The molecule has 0 radical (unpaired) electrons. The molecule has 4 rings (SSSR count). The number of carbonyl (C=O) groups excluding carboxylic acids is 1. The summed E-state index contributed by atoms with van der Waals surface area (Å²) in [6.07, 6.45) is 0.590. The van der Waals surface area contributed by atoms with Crippen LogP contribution in [0.5, 0.6) is 5.75 Å². The van der Waals surface area contributed by atoms with Crippen LogP contribution in [0, 0.1) is 0 Å². The number of rotatable bonds is 7. The van der Waals surface area contributed by atoms with Crippen molar-refractivity contribution in [3.63, 3.8) is 0 Å². The lowest BCUT2D eigenvalue weighted by molar-refractivity contribution is -0.118. The van der Waals surface area contributed by atoms with Crippen molar-refractivity contribution in [3.05, 3.63) is 75.0 Å². The molecule has 0 fully saturated rings. The van der Waals surface area contributed by atoms with Crippen LogP contribution in [0.15, 0.2) is 58.7 Å². The van der Waals surface area contributed by atoms with Crippen LogP contribution in [-0.2, 0) is 11.2 Å². The SMILES string of the molecule is CCc1cc(=O)[nH]c(-n2nc(-c3cccs3)cc2NC(=O)COc2ccc(Cl)cc2)n1. The number of hydrogen-bond donors (Lipinski definition) is 2. The molecule has 0 saturated heterocycles. The fourth-order valence-electron chi connectivity index (χ4n) is 2.81. The summed E-state index contributed by atoms with van der Waals surface area (Å²) in [7, 11) is 0. The number of thiophene rings is 1. The van der Waals surface area contributed by atoms with E-state index in [2.05, 4.69) is 20.4 Å². The molecule has 158 valence electrons. The van der Waals surface area contributed by atoms with Crippen LogP contribution in [0.4, 0.5) is 5.82 Å². The van der Waals surface area contributed by atoms with Crippen molar-refractivity contribution >= 4 is 34.7 Å². The van der Waals surface area contributed by atoms with Gasteiger partial charge in [-0.3, -0.25) is 14.6 Å². The zero-order chi connectivity index (χ0) is 21.8. The molecule has 31 heavy (non-hydrogen) atoms. The molecule has 8 nitrogen and oxygen atoms in total. The molecule has 0 aliphatic rings. The molecule has 0 aliphatic heterocycles. The summed E-state index contributed by atoms with van der Waals surface area (Å²) in [6, 6.07) is 13.7. The maximum absolute atomic E-state index is 12.5. The topological polar surface area (TPSA) is 102 Å². The summed E-state index contributed by atoms with van der Waals surface area (Å²) in [6.45, 7) is 1.70. The molecular formula is C21H18ClN5O3S. The molecule has 0 atom stereocenters. The number of hydrogen-bond acceptors (Lipinski definition) is 6. The third kappa shape index (κ3) is 5.01. The van der Waals surface area contributed by atoms with Crippen molar-refractivity contribution in [2.24, 2.45) is 0 Å². The first-order valence-electron chi connectivity index (χ1n) is 9.44. The zero-order valence-corrected chi connectivity index (χ0v) is 18.0. The number of nitrogens with one attached hydrogen (secondary N) is 2. The van der Waals surface area contributed by atoms with Crippen molar-refractivity contribution in [2.45, 2.75) is 13.3 Å². The van der Waals surface area contributed by atoms with Gasteiger partial charge in [0.1, 0.15) is 17.3 Å². The lowest BCUT2D eigenvalue weighted by atomic mass is 10.3. The van der Waals surface area contributed by atoms with Crippen molar-refractivity contribution in [2.75, 3.05) is 11.9 Å². The monoisotopic (exact) mass is 455 g/mol. The van der Waals surface area contributed by atoms with Crippen LogP contribution in [0.2, 0.25) is 5.02 Å². The summed E-state index contributed by atoms with van der Waals surface area (Å²) in [5, 5.41) is 9.84. The number of halogens is 1. The van der Waals surface area contributed by atoms with Gasteiger partial charge in [-0.25, -0.2) is 4.98 Å². The number of carbonyl (C=O) groups is 1. The van der Waals surface area contributed by atoms with E-state index in [0.29, 0.717) is 34.4 Å². The molecule has 0 aliphatic carbocycles. The highest BCUT2D eigenvalue weighted by Gasteiger charge is 2.16. The molecule has 10 heteroatoms. The van der Waals surface area contributed by atoms with Gasteiger partial charge in [0, 0.05) is 22.8 Å². The predicted molar refractivity (Wildman–Crippen MR) is 120 cm³/mol. The maximum Gasteiger partial charge on any atom is 0.263 e. The van der Waals surface area contributed by atoms with Crippen LogP contribution in [-0.4, -0.2) is 32.3 Å². The highest BCUT2D eigenvalue weighted by Crippen LogP contribution is 2.27. The van der Waals surface area contributed by atoms with Crippen LogP contribution in [0.25, 0.3) is 16.5 Å². The molecular weight excluding hydrogens is 438 g/mol. The van der Waals surface area contributed by atoms with Crippen LogP contribution in [0.3, 0.4) is 0 Å². The molecule has 0 spiro atoms. The third-order valence-corrected chi connectivity index (χ3v) is 5.42. The Kier molecular flexibility index (Phi) is 6.15. The van der Waals surface area contributed by atoms with E-state index in [1.807, 2.05) is 24.4 Å². The maximum atomic E-state index is 12.5. The van der Waals surface area contributed by atoms with Gasteiger partial charge in [-0.1, -0.05) is 24.6 Å². The van der Waals surface area contributed by atoms with Gasteiger partial charge in [-0.2, -0.15) is 9.78 Å². The number of aryl methyl sites for hydroxylation is 1. The van der Waals surface area contributed by atoms with E-state index in [-0.39, 0.29) is 24.0 Å². The fraction of sp³-hybridized carbons (Fsp3) is 0.143. The summed E-state index contributed by atoms with van der Waals surface area (Å²) < 4.78 is 6.92. The second-order valence-corrected chi connectivity index (χ2v) is 7.89. The van der Waals surface area contributed by atoms with E-state index in [4.69, 9.17) is 16.3 Å². The lowest BCUT2D eigenvalue weighted by Crippen LogP contribution is -2.23. The molecule has 1 amide bonds. The molecule has 2 N–H and O–H groups in total.